The maximum atomic E-state index is 12.2. The van der Waals surface area contributed by atoms with Gasteiger partial charge in [0.2, 0.25) is 15.9 Å². The normalized spacial score (nSPS) is 22.2. The van der Waals surface area contributed by atoms with Crippen LogP contribution in [0.5, 0.6) is 0 Å². The van der Waals surface area contributed by atoms with Crippen molar-refractivity contribution in [2.75, 3.05) is 12.8 Å². The van der Waals surface area contributed by atoms with Crippen LogP contribution >= 0.6 is 11.3 Å². The molecule has 2 amide bonds. The topological polar surface area (TPSA) is 83.6 Å². The van der Waals surface area contributed by atoms with Gasteiger partial charge in [-0.05, 0) is 24.8 Å². The third kappa shape index (κ3) is 3.01. The monoisotopic (exact) mass is 316 g/mol. The van der Waals surface area contributed by atoms with Crippen molar-refractivity contribution in [3.63, 3.8) is 0 Å². The molecule has 6 nitrogen and oxygen atoms in total. The molecule has 2 heterocycles. The van der Waals surface area contributed by atoms with E-state index in [0.717, 1.165) is 11.1 Å². The Kier molecular flexibility index (Phi) is 3.88. The van der Waals surface area contributed by atoms with Crippen LogP contribution in [0.25, 0.3) is 0 Å². The van der Waals surface area contributed by atoms with Gasteiger partial charge in [0.25, 0.3) is 5.91 Å². The average Bonchev–Trinajstić information content (AvgIpc) is 2.76. The van der Waals surface area contributed by atoms with E-state index in [1.165, 1.54) is 16.2 Å². The van der Waals surface area contributed by atoms with Crippen molar-refractivity contribution in [3.05, 3.63) is 22.4 Å². The molecule has 0 bridgehead atoms. The van der Waals surface area contributed by atoms with Crippen LogP contribution in [-0.4, -0.2) is 43.5 Å². The fourth-order valence-corrected chi connectivity index (χ4v) is 3.38. The van der Waals surface area contributed by atoms with E-state index >= 15 is 0 Å². The van der Waals surface area contributed by atoms with E-state index in [-0.39, 0.29) is 12.3 Å². The predicted molar refractivity (Wildman–Crippen MR) is 75.7 cm³/mol. The Balaban J connectivity index is 2.06. The maximum absolute atomic E-state index is 12.2. The number of thiophene rings is 1. The Bertz CT molecular complexity index is 624. The summed E-state index contributed by atoms with van der Waals surface area (Å²) in [6.45, 7) is 2.06. The lowest BCUT2D eigenvalue weighted by Crippen LogP contribution is -2.68. The fraction of sp³-hybridized carbons (Fsp3) is 0.500. The quantitative estimate of drug-likeness (QED) is 0.869. The number of nitrogens with zero attached hydrogens (tertiary/aromatic N) is 1. The molecule has 2 rings (SSSR count). The van der Waals surface area contributed by atoms with Crippen LogP contribution in [0.1, 0.15) is 18.2 Å². The van der Waals surface area contributed by atoms with Crippen LogP contribution in [0.4, 0.5) is 0 Å². The molecule has 1 unspecified atom stereocenters. The molecule has 1 N–H and O–H groups in total. The minimum Gasteiger partial charge on any atom is -0.328 e. The summed E-state index contributed by atoms with van der Waals surface area (Å²) in [6, 6.07) is 3.72. The SMILES string of the molecule is CC1(C(=O)NS(C)(=O)=O)CCN1C(=O)Cc1cccs1. The Morgan fingerprint density at radius 3 is 2.65 bits per heavy atom. The summed E-state index contributed by atoms with van der Waals surface area (Å²) >= 11 is 1.48. The zero-order valence-corrected chi connectivity index (χ0v) is 12.9. The van der Waals surface area contributed by atoms with E-state index in [9.17, 15) is 18.0 Å². The molecule has 8 heteroatoms. The Labute approximate surface area is 121 Å². The number of carbonyl (C=O) groups excluding carboxylic acids is 2. The zero-order chi connectivity index (χ0) is 15.0. The summed E-state index contributed by atoms with van der Waals surface area (Å²) < 4.78 is 24.2. The molecule has 0 saturated carbocycles. The third-order valence-electron chi connectivity index (χ3n) is 3.39. The van der Waals surface area contributed by atoms with Crippen molar-refractivity contribution >= 4 is 33.2 Å². The number of sulfonamides is 1. The van der Waals surface area contributed by atoms with Crippen molar-refractivity contribution in [1.29, 1.82) is 0 Å². The van der Waals surface area contributed by atoms with E-state index in [1.807, 2.05) is 22.2 Å². The van der Waals surface area contributed by atoms with Crippen LogP contribution in [0.2, 0.25) is 0 Å². The van der Waals surface area contributed by atoms with Gasteiger partial charge in [0.1, 0.15) is 5.54 Å². The molecule has 1 fully saturated rings. The molecule has 1 saturated heterocycles. The number of carbonyl (C=O) groups is 2. The minimum atomic E-state index is -3.62. The average molecular weight is 316 g/mol. The zero-order valence-electron chi connectivity index (χ0n) is 11.3. The summed E-state index contributed by atoms with van der Waals surface area (Å²) in [5.41, 5.74) is -1.07. The van der Waals surface area contributed by atoms with E-state index in [1.54, 1.807) is 6.92 Å². The molecule has 1 aliphatic rings. The van der Waals surface area contributed by atoms with Crippen LogP contribution in [0.3, 0.4) is 0 Å². The van der Waals surface area contributed by atoms with Gasteiger partial charge in [-0.3, -0.25) is 14.3 Å². The van der Waals surface area contributed by atoms with Crippen molar-refractivity contribution in [2.24, 2.45) is 0 Å². The van der Waals surface area contributed by atoms with Gasteiger partial charge in [0, 0.05) is 11.4 Å². The lowest BCUT2D eigenvalue weighted by atomic mass is 9.85. The molecular weight excluding hydrogens is 300 g/mol. The number of hydrogen-bond donors (Lipinski definition) is 1. The van der Waals surface area contributed by atoms with Gasteiger partial charge in [-0.1, -0.05) is 6.07 Å². The van der Waals surface area contributed by atoms with Crippen molar-refractivity contribution in [2.45, 2.75) is 25.3 Å². The molecule has 0 aliphatic carbocycles. The summed E-state index contributed by atoms with van der Waals surface area (Å²) in [6.07, 6.45) is 1.62. The van der Waals surface area contributed by atoms with E-state index in [2.05, 4.69) is 0 Å². The van der Waals surface area contributed by atoms with Crippen LogP contribution < -0.4 is 4.72 Å². The lowest BCUT2D eigenvalue weighted by Gasteiger charge is -2.48. The van der Waals surface area contributed by atoms with Crippen LogP contribution in [-0.2, 0) is 26.0 Å². The molecule has 110 valence electrons. The molecule has 0 aromatic carbocycles. The van der Waals surface area contributed by atoms with E-state index < -0.39 is 21.5 Å². The highest BCUT2D eigenvalue weighted by Crippen LogP contribution is 2.31. The highest BCUT2D eigenvalue weighted by molar-refractivity contribution is 7.89. The van der Waals surface area contributed by atoms with Gasteiger partial charge < -0.3 is 4.90 Å². The minimum absolute atomic E-state index is 0.162. The van der Waals surface area contributed by atoms with Crippen molar-refractivity contribution < 1.29 is 18.0 Å². The number of hydrogen-bond acceptors (Lipinski definition) is 5. The Morgan fingerprint density at radius 2 is 2.20 bits per heavy atom. The predicted octanol–water partition coefficient (Wildman–Crippen LogP) is 0.357. The first-order valence-electron chi connectivity index (χ1n) is 6.07. The molecule has 1 atom stereocenters. The van der Waals surface area contributed by atoms with Gasteiger partial charge in [0.15, 0.2) is 0 Å². The molecule has 1 aromatic heterocycles. The third-order valence-corrected chi connectivity index (χ3v) is 4.82. The van der Waals surface area contributed by atoms with E-state index in [0.29, 0.717) is 13.0 Å². The molecule has 0 spiro atoms. The lowest BCUT2D eigenvalue weighted by molar-refractivity contribution is -0.156. The van der Waals surface area contributed by atoms with Crippen LogP contribution in [0.15, 0.2) is 17.5 Å². The van der Waals surface area contributed by atoms with Gasteiger partial charge in [-0.2, -0.15) is 0 Å². The summed E-state index contributed by atoms with van der Waals surface area (Å²) in [4.78, 5) is 26.5. The molecule has 0 radical (unpaired) electrons. The van der Waals surface area contributed by atoms with Crippen molar-refractivity contribution in [3.8, 4) is 0 Å². The van der Waals surface area contributed by atoms with E-state index in [4.69, 9.17) is 0 Å². The summed E-state index contributed by atoms with van der Waals surface area (Å²) in [5.74, 6) is -0.810. The molecular formula is C12H16N2O4S2. The first-order valence-corrected chi connectivity index (χ1v) is 8.84. The second-order valence-corrected chi connectivity index (χ2v) is 7.81. The Hall–Kier alpha value is -1.41. The van der Waals surface area contributed by atoms with Gasteiger partial charge in [-0.25, -0.2) is 8.42 Å². The first-order chi connectivity index (χ1) is 9.22. The van der Waals surface area contributed by atoms with Gasteiger partial charge in [0.05, 0.1) is 12.7 Å². The standard InChI is InChI=1S/C12H16N2O4S2/c1-12(11(16)13-20(2,17)18)5-6-14(12)10(15)8-9-4-3-7-19-9/h3-4,7H,5-6,8H2,1-2H3,(H,13,16). The highest BCUT2D eigenvalue weighted by Gasteiger charge is 2.49. The van der Waals surface area contributed by atoms with Crippen molar-refractivity contribution in [1.82, 2.24) is 9.62 Å². The highest BCUT2D eigenvalue weighted by atomic mass is 32.2. The number of amides is 2. The smallest absolute Gasteiger partial charge is 0.259 e. The summed E-state index contributed by atoms with van der Waals surface area (Å²) in [7, 11) is -3.62. The van der Waals surface area contributed by atoms with Gasteiger partial charge in [-0.15, -0.1) is 11.3 Å². The number of nitrogens with one attached hydrogen (secondary N) is 1. The number of likely N-dealkylation sites (tertiary alicyclic amines) is 1. The first kappa shape index (κ1) is 15.0. The second kappa shape index (κ2) is 5.17. The summed E-state index contributed by atoms with van der Waals surface area (Å²) in [5, 5.41) is 1.88. The van der Waals surface area contributed by atoms with Crippen LogP contribution in [0, 0.1) is 0 Å². The Morgan fingerprint density at radius 1 is 1.50 bits per heavy atom. The molecule has 20 heavy (non-hydrogen) atoms. The fourth-order valence-electron chi connectivity index (χ4n) is 2.13. The molecule has 1 aliphatic heterocycles. The molecule has 1 aromatic rings. The number of rotatable bonds is 4. The maximum Gasteiger partial charge on any atom is 0.259 e. The second-order valence-electron chi connectivity index (χ2n) is 5.03. The van der Waals surface area contributed by atoms with Gasteiger partial charge >= 0.3 is 0 Å². The largest absolute Gasteiger partial charge is 0.328 e.